The maximum Gasteiger partial charge on any atom is 0.224 e. The minimum absolute atomic E-state index is 0.276. The van der Waals surface area contributed by atoms with Crippen molar-refractivity contribution >= 4 is 34.3 Å². The van der Waals surface area contributed by atoms with Crippen LogP contribution in [0.25, 0.3) is 21.6 Å². The van der Waals surface area contributed by atoms with E-state index in [2.05, 4.69) is 61.6 Å². The van der Waals surface area contributed by atoms with Crippen LogP contribution in [0.5, 0.6) is 0 Å². The number of hydrogen-bond donors (Lipinski definition) is 3. The first-order valence-corrected chi connectivity index (χ1v) is 12.2. The van der Waals surface area contributed by atoms with Gasteiger partial charge in [0.1, 0.15) is 5.82 Å². The van der Waals surface area contributed by atoms with Crippen LogP contribution in [0.15, 0.2) is 41.8 Å². The summed E-state index contributed by atoms with van der Waals surface area (Å²) < 4.78 is 2.30. The van der Waals surface area contributed by atoms with Crippen molar-refractivity contribution < 1.29 is 0 Å². The molecule has 0 unspecified atom stereocenters. The number of fused-ring (bicyclic) bond motifs is 1. The molecule has 0 amide bonds. The number of rotatable bonds is 8. The van der Waals surface area contributed by atoms with Crippen LogP contribution in [0.4, 0.5) is 11.8 Å². The molecule has 1 aliphatic carbocycles. The van der Waals surface area contributed by atoms with E-state index in [0.29, 0.717) is 24.9 Å². The minimum Gasteiger partial charge on any atom is -0.368 e. The molecule has 3 aromatic heterocycles. The second-order valence-electron chi connectivity index (χ2n) is 8.36. The molecule has 1 aliphatic rings. The SMILES string of the molecule is NCCCc1nc2c(NCc3ccc(-c4cccs4)cc3)nc(N)nc2n1C1CCCC1. The van der Waals surface area contributed by atoms with Gasteiger partial charge in [0.15, 0.2) is 17.0 Å². The van der Waals surface area contributed by atoms with Crippen molar-refractivity contribution in [1.82, 2.24) is 19.5 Å². The third-order valence-corrected chi connectivity index (χ3v) is 7.06. The lowest BCUT2D eigenvalue weighted by Gasteiger charge is -2.16. The van der Waals surface area contributed by atoms with Crippen LogP contribution in [0.2, 0.25) is 0 Å². The molecular weight excluding hydrogens is 418 g/mol. The molecule has 8 heteroatoms. The zero-order valence-electron chi connectivity index (χ0n) is 18.1. The minimum atomic E-state index is 0.276. The van der Waals surface area contributed by atoms with Crippen molar-refractivity contribution in [2.75, 3.05) is 17.6 Å². The first kappa shape index (κ1) is 20.9. The summed E-state index contributed by atoms with van der Waals surface area (Å²) in [6.45, 7) is 1.29. The highest BCUT2D eigenvalue weighted by Gasteiger charge is 2.25. The van der Waals surface area contributed by atoms with E-state index in [1.165, 1.54) is 28.8 Å². The largest absolute Gasteiger partial charge is 0.368 e. The Balaban J connectivity index is 1.43. The molecule has 1 fully saturated rings. The van der Waals surface area contributed by atoms with Crippen molar-refractivity contribution in [2.24, 2.45) is 5.73 Å². The number of thiophene rings is 1. The van der Waals surface area contributed by atoms with Crippen LogP contribution in [0, 0.1) is 0 Å². The van der Waals surface area contributed by atoms with E-state index in [4.69, 9.17) is 16.5 Å². The number of aromatic nitrogens is 4. The van der Waals surface area contributed by atoms with E-state index >= 15 is 0 Å². The topological polar surface area (TPSA) is 108 Å². The normalized spacial score (nSPS) is 14.4. The van der Waals surface area contributed by atoms with Gasteiger partial charge in [-0.15, -0.1) is 11.3 Å². The Hall–Kier alpha value is -2.97. The second-order valence-corrected chi connectivity index (χ2v) is 9.31. The van der Waals surface area contributed by atoms with Gasteiger partial charge in [-0.05, 0) is 48.4 Å². The Morgan fingerprint density at radius 1 is 1.06 bits per heavy atom. The van der Waals surface area contributed by atoms with Gasteiger partial charge in [0, 0.05) is 23.9 Å². The molecule has 32 heavy (non-hydrogen) atoms. The van der Waals surface area contributed by atoms with Gasteiger partial charge in [0.05, 0.1) is 0 Å². The lowest BCUT2D eigenvalue weighted by atomic mass is 10.1. The molecule has 5 N–H and O–H groups in total. The Labute approximate surface area is 191 Å². The van der Waals surface area contributed by atoms with Crippen LogP contribution in [-0.4, -0.2) is 26.1 Å². The monoisotopic (exact) mass is 447 g/mol. The summed E-state index contributed by atoms with van der Waals surface area (Å²) in [5.41, 5.74) is 16.0. The van der Waals surface area contributed by atoms with Gasteiger partial charge in [-0.1, -0.05) is 43.2 Å². The molecular formula is C24H29N7S. The van der Waals surface area contributed by atoms with Crippen molar-refractivity contribution in [2.45, 2.75) is 51.1 Å². The predicted octanol–water partition coefficient (Wildman–Crippen LogP) is 4.76. The molecule has 0 aliphatic heterocycles. The highest BCUT2D eigenvalue weighted by atomic mass is 32.1. The van der Waals surface area contributed by atoms with Gasteiger partial charge in [-0.2, -0.15) is 9.97 Å². The summed E-state index contributed by atoms with van der Waals surface area (Å²) in [4.78, 5) is 15.3. The zero-order chi connectivity index (χ0) is 21.9. The third-order valence-electron chi connectivity index (χ3n) is 6.14. The van der Waals surface area contributed by atoms with E-state index < -0.39 is 0 Å². The molecule has 5 rings (SSSR count). The summed E-state index contributed by atoms with van der Waals surface area (Å²) in [5, 5.41) is 5.56. The Bertz CT molecular complexity index is 1180. The van der Waals surface area contributed by atoms with E-state index in [0.717, 1.165) is 42.7 Å². The average Bonchev–Trinajstić information content (AvgIpc) is 3.57. The smallest absolute Gasteiger partial charge is 0.224 e. The molecule has 1 aromatic carbocycles. The first-order chi connectivity index (χ1) is 15.7. The number of benzene rings is 1. The van der Waals surface area contributed by atoms with Crippen LogP contribution in [0.3, 0.4) is 0 Å². The second kappa shape index (κ2) is 9.26. The maximum absolute atomic E-state index is 6.12. The number of aryl methyl sites for hydroxylation is 1. The standard InChI is InChI=1S/C24H29N7S/c25-13-3-8-20-28-21-22(29-24(26)30-23(21)31(20)18-5-1-2-6-18)27-15-16-9-11-17(12-10-16)19-7-4-14-32-19/h4,7,9-12,14,18H,1-3,5-6,8,13,15,25H2,(H3,26,27,29,30). The van der Waals surface area contributed by atoms with Gasteiger partial charge >= 0.3 is 0 Å². The van der Waals surface area contributed by atoms with Crippen LogP contribution in [-0.2, 0) is 13.0 Å². The molecule has 0 atom stereocenters. The molecule has 0 saturated heterocycles. The number of nitrogen functional groups attached to an aromatic ring is 1. The highest BCUT2D eigenvalue weighted by Crippen LogP contribution is 2.35. The van der Waals surface area contributed by atoms with Crippen molar-refractivity contribution in [3.63, 3.8) is 0 Å². The third kappa shape index (κ3) is 4.20. The van der Waals surface area contributed by atoms with Gasteiger partial charge in [-0.25, -0.2) is 4.98 Å². The Morgan fingerprint density at radius 2 is 1.88 bits per heavy atom. The van der Waals surface area contributed by atoms with Crippen LogP contribution >= 0.6 is 11.3 Å². The molecule has 4 aromatic rings. The number of nitrogens with two attached hydrogens (primary N) is 2. The number of nitrogens with one attached hydrogen (secondary N) is 1. The first-order valence-electron chi connectivity index (χ1n) is 11.3. The van der Waals surface area contributed by atoms with E-state index in [1.807, 2.05) is 0 Å². The van der Waals surface area contributed by atoms with Crippen LogP contribution < -0.4 is 16.8 Å². The molecule has 3 heterocycles. The fraction of sp³-hybridized carbons (Fsp3) is 0.375. The fourth-order valence-electron chi connectivity index (χ4n) is 4.56. The van der Waals surface area contributed by atoms with E-state index in [-0.39, 0.29) is 5.95 Å². The summed E-state index contributed by atoms with van der Waals surface area (Å²) in [7, 11) is 0. The van der Waals surface area contributed by atoms with Crippen molar-refractivity contribution in [3.8, 4) is 10.4 Å². The summed E-state index contributed by atoms with van der Waals surface area (Å²) in [5.74, 6) is 2.01. The zero-order valence-corrected chi connectivity index (χ0v) is 18.9. The van der Waals surface area contributed by atoms with Crippen molar-refractivity contribution in [3.05, 3.63) is 53.2 Å². The fourth-order valence-corrected chi connectivity index (χ4v) is 5.29. The molecule has 0 spiro atoms. The molecule has 166 valence electrons. The number of hydrogen-bond acceptors (Lipinski definition) is 7. The lowest BCUT2D eigenvalue weighted by molar-refractivity contribution is 0.504. The molecule has 1 saturated carbocycles. The molecule has 0 radical (unpaired) electrons. The Morgan fingerprint density at radius 3 is 2.59 bits per heavy atom. The Kier molecular flexibility index (Phi) is 6.05. The van der Waals surface area contributed by atoms with E-state index in [1.54, 1.807) is 11.3 Å². The van der Waals surface area contributed by atoms with E-state index in [9.17, 15) is 0 Å². The summed E-state index contributed by atoms with van der Waals surface area (Å²) in [6, 6.07) is 13.3. The summed E-state index contributed by atoms with van der Waals surface area (Å²) in [6.07, 6.45) is 6.54. The maximum atomic E-state index is 6.12. The highest BCUT2D eigenvalue weighted by molar-refractivity contribution is 7.13. The summed E-state index contributed by atoms with van der Waals surface area (Å²) >= 11 is 1.75. The lowest BCUT2D eigenvalue weighted by Crippen LogP contribution is -2.12. The van der Waals surface area contributed by atoms with Gasteiger partial charge in [0.2, 0.25) is 5.95 Å². The molecule has 0 bridgehead atoms. The number of anilines is 2. The quantitative estimate of drug-likeness (QED) is 0.360. The van der Waals surface area contributed by atoms with Gasteiger partial charge in [0.25, 0.3) is 0 Å². The predicted molar refractivity (Wildman–Crippen MR) is 132 cm³/mol. The van der Waals surface area contributed by atoms with Gasteiger partial charge < -0.3 is 21.4 Å². The van der Waals surface area contributed by atoms with Crippen LogP contribution in [0.1, 0.15) is 49.5 Å². The molecule has 7 nitrogen and oxygen atoms in total. The number of nitrogens with zero attached hydrogens (tertiary/aromatic N) is 4. The van der Waals surface area contributed by atoms with Gasteiger partial charge in [-0.3, -0.25) is 0 Å². The average molecular weight is 448 g/mol. The van der Waals surface area contributed by atoms with Crippen molar-refractivity contribution in [1.29, 1.82) is 0 Å². The number of imidazole rings is 1.